The van der Waals surface area contributed by atoms with Crippen LogP contribution in [-0.4, -0.2) is 10.9 Å². The zero-order chi connectivity index (χ0) is 14.0. The number of aromatic nitrogens is 1. The highest BCUT2D eigenvalue weighted by atomic mass is 35.5. The molecule has 7 heteroatoms. The van der Waals surface area contributed by atoms with E-state index < -0.39 is 5.91 Å². The number of halogens is 4. The maximum absolute atomic E-state index is 12.0. The third-order valence-electron chi connectivity index (χ3n) is 2.27. The first-order valence-corrected chi connectivity index (χ1v) is 6.55. The summed E-state index contributed by atoms with van der Waals surface area (Å²) in [5.74, 6) is -0.432. The molecule has 98 valence electrons. The van der Waals surface area contributed by atoms with E-state index in [1.165, 1.54) is 30.6 Å². The summed E-state index contributed by atoms with van der Waals surface area (Å²) < 4.78 is 0. The second-order valence-corrected chi connectivity index (χ2v) is 5.18. The highest BCUT2D eigenvalue weighted by Crippen LogP contribution is 2.32. The quantitative estimate of drug-likeness (QED) is 0.789. The number of amides is 1. The fourth-order valence-electron chi connectivity index (χ4n) is 1.35. The van der Waals surface area contributed by atoms with Crippen molar-refractivity contribution in [1.82, 2.24) is 4.98 Å². The minimum absolute atomic E-state index is 0.242. The van der Waals surface area contributed by atoms with Gasteiger partial charge in [-0.1, -0.05) is 46.4 Å². The highest BCUT2D eigenvalue weighted by Gasteiger charge is 2.13. The fraction of sp³-hybridized carbons (Fsp3) is 0. The van der Waals surface area contributed by atoms with Crippen LogP contribution in [0.5, 0.6) is 0 Å². The van der Waals surface area contributed by atoms with Gasteiger partial charge in [-0.05, 0) is 18.2 Å². The monoisotopic (exact) mass is 334 g/mol. The van der Waals surface area contributed by atoms with E-state index in [1.807, 2.05) is 0 Å². The smallest absolute Gasteiger partial charge is 0.258 e. The van der Waals surface area contributed by atoms with Crippen molar-refractivity contribution in [3.05, 3.63) is 56.2 Å². The molecule has 0 saturated carbocycles. The summed E-state index contributed by atoms with van der Waals surface area (Å²) in [5.41, 5.74) is 0.590. The number of carbonyl (C=O) groups excluding carboxylic acids is 1. The van der Waals surface area contributed by atoms with Gasteiger partial charge in [-0.25, -0.2) is 0 Å². The molecule has 1 aromatic heterocycles. The lowest BCUT2D eigenvalue weighted by Gasteiger charge is -2.09. The molecule has 0 fully saturated rings. The standard InChI is InChI=1S/C12H6Cl4N2O/c13-7-1-2-17-5-6(7)12(19)18-11-4-9(15)8(14)3-10(11)16/h1-5H,(H,18,19). The third-order valence-corrected chi connectivity index (χ3v) is 3.64. The zero-order valence-corrected chi connectivity index (χ0v) is 12.3. The van der Waals surface area contributed by atoms with Gasteiger partial charge in [0.25, 0.3) is 5.91 Å². The number of carbonyl (C=O) groups is 1. The molecule has 0 aliphatic heterocycles. The molecule has 1 aromatic carbocycles. The molecule has 1 amide bonds. The predicted octanol–water partition coefficient (Wildman–Crippen LogP) is 4.95. The summed E-state index contributed by atoms with van der Waals surface area (Å²) >= 11 is 23.5. The van der Waals surface area contributed by atoms with Gasteiger partial charge in [-0.2, -0.15) is 0 Å². The predicted molar refractivity (Wildman–Crippen MR) is 78.7 cm³/mol. The minimum atomic E-state index is -0.432. The Morgan fingerprint density at radius 2 is 1.68 bits per heavy atom. The molecule has 2 aromatic rings. The van der Waals surface area contributed by atoms with Gasteiger partial charge in [-0.15, -0.1) is 0 Å². The topological polar surface area (TPSA) is 42.0 Å². The van der Waals surface area contributed by atoms with E-state index in [4.69, 9.17) is 46.4 Å². The molecule has 0 spiro atoms. The first kappa shape index (κ1) is 14.4. The van der Waals surface area contributed by atoms with Crippen LogP contribution in [0.4, 0.5) is 5.69 Å². The number of nitrogens with one attached hydrogen (secondary N) is 1. The first-order chi connectivity index (χ1) is 8.99. The molecule has 1 heterocycles. The maximum atomic E-state index is 12.0. The summed E-state index contributed by atoms with van der Waals surface area (Å²) in [6, 6.07) is 4.44. The van der Waals surface area contributed by atoms with E-state index >= 15 is 0 Å². The van der Waals surface area contributed by atoms with Gasteiger partial charge in [0, 0.05) is 12.4 Å². The average Bonchev–Trinajstić information content (AvgIpc) is 2.36. The number of nitrogens with zero attached hydrogens (tertiary/aromatic N) is 1. The summed E-state index contributed by atoms with van der Waals surface area (Å²) in [6.07, 6.45) is 2.86. The van der Waals surface area contributed by atoms with E-state index in [0.29, 0.717) is 20.8 Å². The van der Waals surface area contributed by atoms with Crippen molar-refractivity contribution in [1.29, 1.82) is 0 Å². The molecule has 3 nitrogen and oxygen atoms in total. The Bertz CT molecular complexity index is 646. The van der Waals surface area contributed by atoms with E-state index in [-0.39, 0.29) is 10.6 Å². The Balaban J connectivity index is 2.30. The molecule has 0 bridgehead atoms. The lowest BCUT2D eigenvalue weighted by Crippen LogP contribution is -2.13. The SMILES string of the molecule is O=C(Nc1cc(Cl)c(Cl)cc1Cl)c1cnccc1Cl. The van der Waals surface area contributed by atoms with Gasteiger partial charge in [0.15, 0.2) is 0 Å². The van der Waals surface area contributed by atoms with Crippen LogP contribution in [0.25, 0.3) is 0 Å². The van der Waals surface area contributed by atoms with Gasteiger partial charge in [0.1, 0.15) is 0 Å². The molecule has 0 aliphatic rings. The van der Waals surface area contributed by atoms with Gasteiger partial charge in [-0.3, -0.25) is 9.78 Å². The summed E-state index contributed by atoms with van der Waals surface area (Å²) in [6.45, 7) is 0. The van der Waals surface area contributed by atoms with Crippen molar-refractivity contribution in [2.45, 2.75) is 0 Å². The van der Waals surface area contributed by atoms with Gasteiger partial charge < -0.3 is 5.32 Å². The van der Waals surface area contributed by atoms with E-state index in [2.05, 4.69) is 10.3 Å². The number of anilines is 1. The van der Waals surface area contributed by atoms with Crippen molar-refractivity contribution in [3.8, 4) is 0 Å². The molecule has 0 radical (unpaired) electrons. The average molecular weight is 336 g/mol. The van der Waals surface area contributed by atoms with Crippen LogP contribution in [0.15, 0.2) is 30.6 Å². The molecule has 2 rings (SSSR count). The minimum Gasteiger partial charge on any atom is -0.320 e. The number of benzene rings is 1. The molecule has 19 heavy (non-hydrogen) atoms. The first-order valence-electron chi connectivity index (χ1n) is 5.04. The van der Waals surface area contributed by atoms with Crippen LogP contribution in [0.2, 0.25) is 20.1 Å². The molecular formula is C12H6Cl4N2O. The van der Waals surface area contributed by atoms with E-state index in [1.54, 1.807) is 0 Å². The number of pyridine rings is 1. The van der Waals surface area contributed by atoms with E-state index in [9.17, 15) is 4.79 Å². The largest absolute Gasteiger partial charge is 0.320 e. The van der Waals surface area contributed by atoms with Crippen LogP contribution in [0.1, 0.15) is 10.4 Å². The Morgan fingerprint density at radius 3 is 2.37 bits per heavy atom. The number of rotatable bonds is 2. The number of hydrogen-bond donors (Lipinski definition) is 1. The number of hydrogen-bond acceptors (Lipinski definition) is 2. The van der Waals surface area contributed by atoms with Crippen molar-refractivity contribution >= 4 is 58.0 Å². The highest BCUT2D eigenvalue weighted by molar-refractivity contribution is 6.44. The molecule has 0 atom stereocenters. The van der Waals surface area contributed by atoms with E-state index in [0.717, 1.165) is 0 Å². The Labute approximate surface area is 129 Å². The van der Waals surface area contributed by atoms with Crippen LogP contribution in [0.3, 0.4) is 0 Å². The summed E-state index contributed by atoms with van der Waals surface area (Å²) in [5, 5.41) is 3.77. The van der Waals surface area contributed by atoms with Crippen molar-refractivity contribution in [2.24, 2.45) is 0 Å². The second kappa shape index (κ2) is 5.97. The van der Waals surface area contributed by atoms with Crippen molar-refractivity contribution in [2.75, 3.05) is 5.32 Å². The molecule has 0 unspecified atom stereocenters. The van der Waals surface area contributed by atoms with Crippen LogP contribution in [0, 0.1) is 0 Å². The Hall–Kier alpha value is -1.00. The third kappa shape index (κ3) is 3.31. The van der Waals surface area contributed by atoms with Gasteiger partial charge >= 0.3 is 0 Å². The summed E-state index contributed by atoms with van der Waals surface area (Å²) in [7, 11) is 0. The second-order valence-electron chi connectivity index (χ2n) is 3.56. The Morgan fingerprint density at radius 1 is 1.00 bits per heavy atom. The fourth-order valence-corrected chi connectivity index (χ4v) is 2.14. The van der Waals surface area contributed by atoms with Crippen LogP contribution >= 0.6 is 46.4 Å². The van der Waals surface area contributed by atoms with Crippen LogP contribution in [-0.2, 0) is 0 Å². The summed E-state index contributed by atoms with van der Waals surface area (Å²) in [4.78, 5) is 15.8. The maximum Gasteiger partial charge on any atom is 0.258 e. The molecular weight excluding hydrogens is 330 g/mol. The Kier molecular flexibility index (Phi) is 4.53. The lowest BCUT2D eigenvalue weighted by molar-refractivity contribution is 0.102. The lowest BCUT2D eigenvalue weighted by atomic mass is 10.2. The molecule has 0 aliphatic carbocycles. The van der Waals surface area contributed by atoms with Crippen LogP contribution < -0.4 is 5.32 Å². The molecule has 0 saturated heterocycles. The zero-order valence-electron chi connectivity index (χ0n) is 9.25. The van der Waals surface area contributed by atoms with Gasteiger partial charge in [0.2, 0.25) is 0 Å². The van der Waals surface area contributed by atoms with Crippen molar-refractivity contribution in [3.63, 3.8) is 0 Å². The van der Waals surface area contributed by atoms with Gasteiger partial charge in [0.05, 0.1) is 31.3 Å². The van der Waals surface area contributed by atoms with Crippen molar-refractivity contribution < 1.29 is 4.79 Å². The molecule has 1 N–H and O–H groups in total. The normalized spacial score (nSPS) is 10.3.